The molecule has 0 saturated carbocycles. The van der Waals surface area contributed by atoms with Crippen molar-refractivity contribution >= 4 is 23.8 Å². The van der Waals surface area contributed by atoms with Crippen LogP contribution in [-0.2, 0) is 20.8 Å². The second-order valence-electron chi connectivity index (χ2n) is 10.4. The Morgan fingerprint density at radius 3 is 2.45 bits per heavy atom. The minimum atomic E-state index is -0.863. The number of benzene rings is 2. The number of ether oxygens (including phenoxy) is 1. The average Bonchev–Trinajstić information content (AvgIpc) is 3.34. The standard InChI is InChI=1S/C30H38N4O4/c1-5-20(2)26-28(35)31-17-15-21-11-13-23(14-12-21)38-25-16-18-34(27(25)29(36)32-26)30(37)24(33(3)4)19-22-9-7-6-8-10-22/h6-15,17,20,24-27H,5,16,18-19H2,1-4H3,(H,31,35)(H,32,36)/b17-15+/t20?,24-,25-,26-,27?/m0/s1. The van der Waals surface area contributed by atoms with Crippen molar-refractivity contribution in [3.05, 3.63) is 71.9 Å². The minimum absolute atomic E-state index is 0.101. The van der Waals surface area contributed by atoms with Gasteiger partial charge >= 0.3 is 0 Å². The zero-order chi connectivity index (χ0) is 27.2. The Labute approximate surface area is 225 Å². The summed E-state index contributed by atoms with van der Waals surface area (Å²) < 4.78 is 6.30. The number of nitrogens with zero attached hydrogens (tertiary/aromatic N) is 2. The number of hydrogen-bond acceptors (Lipinski definition) is 5. The lowest BCUT2D eigenvalue weighted by Crippen LogP contribution is -2.59. The SMILES string of the molecule is CCC(C)[C@@H]1NC(=O)C2[C@H](CCN2C(=O)[C@H](Cc2ccccc2)N(C)C)Oc2ccc(cc2)/C=C/NC1=O. The molecule has 2 unspecified atom stereocenters. The molecule has 3 aliphatic heterocycles. The first-order chi connectivity index (χ1) is 18.3. The maximum absolute atomic E-state index is 14.0. The third kappa shape index (κ3) is 6.25. The van der Waals surface area contributed by atoms with Gasteiger partial charge in [-0.3, -0.25) is 19.3 Å². The quantitative estimate of drug-likeness (QED) is 0.614. The Balaban J connectivity index is 1.67. The minimum Gasteiger partial charge on any atom is -0.488 e. The second kappa shape index (κ2) is 12.3. The highest BCUT2D eigenvalue weighted by Gasteiger charge is 2.46. The first kappa shape index (κ1) is 27.4. The van der Waals surface area contributed by atoms with Crippen LogP contribution in [0.25, 0.3) is 6.08 Å². The Kier molecular flexibility index (Phi) is 8.84. The summed E-state index contributed by atoms with van der Waals surface area (Å²) in [4.78, 5) is 44.5. The summed E-state index contributed by atoms with van der Waals surface area (Å²) in [7, 11) is 3.75. The molecule has 2 aromatic rings. The topological polar surface area (TPSA) is 91.0 Å². The predicted octanol–water partition coefficient (Wildman–Crippen LogP) is 2.84. The summed E-state index contributed by atoms with van der Waals surface area (Å²) in [5.41, 5.74) is 1.96. The first-order valence-corrected chi connectivity index (χ1v) is 13.3. The van der Waals surface area contributed by atoms with Crippen LogP contribution in [-0.4, -0.2) is 72.4 Å². The predicted molar refractivity (Wildman–Crippen MR) is 147 cm³/mol. The Hall–Kier alpha value is -3.65. The van der Waals surface area contributed by atoms with E-state index in [0.29, 0.717) is 31.6 Å². The van der Waals surface area contributed by atoms with E-state index in [-0.39, 0.29) is 23.6 Å². The molecule has 2 N–H and O–H groups in total. The summed E-state index contributed by atoms with van der Waals surface area (Å²) in [6, 6.07) is 15.3. The van der Waals surface area contributed by atoms with Crippen molar-refractivity contribution in [2.75, 3.05) is 20.6 Å². The molecular weight excluding hydrogens is 480 g/mol. The summed E-state index contributed by atoms with van der Waals surface area (Å²) in [5, 5.41) is 5.78. The first-order valence-electron chi connectivity index (χ1n) is 13.3. The van der Waals surface area contributed by atoms with E-state index in [2.05, 4.69) is 10.6 Å². The molecule has 5 rings (SSSR count). The molecular formula is C30H38N4O4. The van der Waals surface area contributed by atoms with E-state index in [1.54, 1.807) is 17.2 Å². The lowest BCUT2D eigenvalue weighted by atomic mass is 9.97. The Morgan fingerprint density at radius 1 is 1.08 bits per heavy atom. The molecule has 0 radical (unpaired) electrons. The van der Waals surface area contributed by atoms with Gasteiger partial charge in [0.15, 0.2) is 0 Å². The van der Waals surface area contributed by atoms with Crippen molar-refractivity contribution < 1.29 is 19.1 Å². The van der Waals surface area contributed by atoms with Gasteiger partial charge in [-0.1, -0.05) is 62.7 Å². The number of rotatable bonds is 6. The van der Waals surface area contributed by atoms with Crippen molar-refractivity contribution in [1.82, 2.24) is 20.4 Å². The van der Waals surface area contributed by atoms with Crippen LogP contribution in [0.2, 0.25) is 0 Å². The number of fused-ring (bicyclic) bond motifs is 7. The van der Waals surface area contributed by atoms with Gasteiger partial charge in [-0.15, -0.1) is 0 Å². The summed E-state index contributed by atoms with van der Waals surface area (Å²) in [6.45, 7) is 4.30. The van der Waals surface area contributed by atoms with Crippen LogP contribution in [0.4, 0.5) is 0 Å². The number of likely N-dealkylation sites (tertiary alicyclic amines) is 1. The van der Waals surface area contributed by atoms with Gasteiger partial charge < -0.3 is 20.3 Å². The van der Waals surface area contributed by atoms with Gasteiger partial charge in [0.1, 0.15) is 23.9 Å². The van der Waals surface area contributed by atoms with Gasteiger partial charge in [0, 0.05) is 19.2 Å². The highest BCUT2D eigenvalue weighted by Crippen LogP contribution is 2.27. The highest BCUT2D eigenvalue weighted by molar-refractivity contribution is 5.94. The second-order valence-corrected chi connectivity index (χ2v) is 10.4. The maximum atomic E-state index is 14.0. The zero-order valence-corrected chi connectivity index (χ0v) is 22.6. The molecule has 0 aliphatic carbocycles. The number of carbonyl (C=O) groups is 3. The van der Waals surface area contributed by atoms with Gasteiger partial charge in [0.05, 0.1) is 6.04 Å². The molecule has 8 heteroatoms. The molecule has 3 heterocycles. The molecule has 3 amide bonds. The number of carbonyl (C=O) groups excluding carboxylic acids is 3. The molecule has 38 heavy (non-hydrogen) atoms. The molecule has 0 spiro atoms. The molecule has 2 aromatic carbocycles. The van der Waals surface area contributed by atoms with Gasteiger partial charge in [0.2, 0.25) is 17.7 Å². The number of hydrogen-bond donors (Lipinski definition) is 2. The molecule has 3 aliphatic rings. The largest absolute Gasteiger partial charge is 0.488 e. The molecule has 5 atom stereocenters. The van der Waals surface area contributed by atoms with E-state index in [0.717, 1.165) is 11.1 Å². The van der Waals surface area contributed by atoms with Crippen LogP contribution in [0.15, 0.2) is 60.8 Å². The zero-order valence-electron chi connectivity index (χ0n) is 22.6. The normalized spacial score (nSPS) is 24.0. The van der Waals surface area contributed by atoms with E-state index in [4.69, 9.17) is 4.74 Å². The maximum Gasteiger partial charge on any atom is 0.247 e. The monoisotopic (exact) mass is 518 g/mol. The van der Waals surface area contributed by atoms with Crippen molar-refractivity contribution in [2.45, 2.75) is 57.3 Å². The molecule has 1 fully saturated rings. The van der Waals surface area contributed by atoms with E-state index >= 15 is 0 Å². The van der Waals surface area contributed by atoms with Gasteiger partial charge in [-0.25, -0.2) is 0 Å². The molecule has 2 bridgehead atoms. The van der Waals surface area contributed by atoms with Gasteiger partial charge in [0.25, 0.3) is 0 Å². The van der Waals surface area contributed by atoms with Crippen molar-refractivity contribution in [3.63, 3.8) is 0 Å². The van der Waals surface area contributed by atoms with Crippen LogP contribution in [0.5, 0.6) is 5.75 Å². The van der Waals surface area contributed by atoms with Crippen LogP contribution in [0.1, 0.15) is 37.8 Å². The van der Waals surface area contributed by atoms with Crippen LogP contribution in [0, 0.1) is 5.92 Å². The fourth-order valence-corrected chi connectivity index (χ4v) is 5.05. The lowest BCUT2D eigenvalue weighted by molar-refractivity contribution is -0.144. The fraction of sp³-hybridized carbons (Fsp3) is 0.433. The Morgan fingerprint density at radius 2 is 1.79 bits per heavy atom. The summed E-state index contributed by atoms with van der Waals surface area (Å²) in [6.07, 6.45) is 4.59. The average molecular weight is 519 g/mol. The summed E-state index contributed by atoms with van der Waals surface area (Å²) in [5.74, 6) is -0.269. The Bertz CT molecular complexity index is 1150. The van der Waals surface area contributed by atoms with E-state index < -0.39 is 24.2 Å². The van der Waals surface area contributed by atoms with Crippen LogP contribution in [0.3, 0.4) is 0 Å². The van der Waals surface area contributed by atoms with Crippen molar-refractivity contribution in [3.8, 4) is 5.75 Å². The smallest absolute Gasteiger partial charge is 0.247 e. The van der Waals surface area contributed by atoms with Crippen molar-refractivity contribution in [2.24, 2.45) is 5.92 Å². The van der Waals surface area contributed by atoms with Gasteiger partial charge in [-0.2, -0.15) is 0 Å². The van der Waals surface area contributed by atoms with Crippen LogP contribution < -0.4 is 15.4 Å². The van der Waals surface area contributed by atoms with Crippen LogP contribution >= 0.6 is 0 Å². The van der Waals surface area contributed by atoms with E-state index in [9.17, 15) is 14.4 Å². The molecule has 0 aromatic heterocycles. The molecule has 1 saturated heterocycles. The van der Waals surface area contributed by atoms with Crippen molar-refractivity contribution in [1.29, 1.82) is 0 Å². The third-order valence-electron chi connectivity index (χ3n) is 7.54. The summed E-state index contributed by atoms with van der Waals surface area (Å²) >= 11 is 0. The molecule has 8 nitrogen and oxygen atoms in total. The van der Waals surface area contributed by atoms with Gasteiger partial charge in [-0.05, 0) is 55.8 Å². The number of nitrogens with one attached hydrogen (secondary N) is 2. The lowest BCUT2D eigenvalue weighted by Gasteiger charge is -2.34. The molecule has 202 valence electrons. The highest BCUT2D eigenvalue weighted by atomic mass is 16.5. The third-order valence-corrected chi connectivity index (χ3v) is 7.54. The van der Waals surface area contributed by atoms with E-state index in [1.807, 2.05) is 87.4 Å². The fourth-order valence-electron chi connectivity index (χ4n) is 5.05. The van der Waals surface area contributed by atoms with E-state index in [1.165, 1.54) is 0 Å². The number of likely N-dealkylation sites (N-methyl/N-ethyl adjacent to an activating group) is 1. The number of amides is 3.